The highest BCUT2D eigenvalue weighted by Gasteiger charge is 2.21. The van der Waals surface area contributed by atoms with Gasteiger partial charge in [0.2, 0.25) is 0 Å². The quantitative estimate of drug-likeness (QED) is 0.886. The minimum Gasteiger partial charge on any atom is -0.346 e. The molecule has 0 radical (unpaired) electrons. The Morgan fingerprint density at radius 2 is 2.04 bits per heavy atom. The number of carbonyl (C=O) groups excluding carboxylic acids is 1. The summed E-state index contributed by atoms with van der Waals surface area (Å²) >= 11 is 1.65. The zero-order chi connectivity index (χ0) is 17.8. The number of amides is 2. The lowest BCUT2D eigenvalue weighted by molar-refractivity contribution is 0.200. The van der Waals surface area contributed by atoms with Crippen molar-refractivity contribution in [3.63, 3.8) is 0 Å². The molecule has 2 aromatic heterocycles. The summed E-state index contributed by atoms with van der Waals surface area (Å²) in [4.78, 5) is 21.1. The molecule has 1 N–H and O–H groups in total. The number of nitrogens with zero attached hydrogens (tertiary/aromatic N) is 6. The Kier molecular flexibility index (Phi) is 5.33. The van der Waals surface area contributed by atoms with E-state index in [-0.39, 0.29) is 6.03 Å². The standard InChI is InChI=1S/C17H25N7OS/c25-16(19-13-15-21-20-14-5-2-1-3-9-24(14)15)22-7-4-8-23(11-10-22)17-18-6-12-26-17/h6,12H,1-5,7-11,13H2,(H,19,25). The van der Waals surface area contributed by atoms with E-state index in [2.05, 4.69) is 30.0 Å². The third kappa shape index (κ3) is 3.82. The van der Waals surface area contributed by atoms with Crippen molar-refractivity contribution in [2.45, 2.75) is 45.2 Å². The first kappa shape index (κ1) is 17.3. The zero-order valence-electron chi connectivity index (χ0n) is 14.9. The number of rotatable bonds is 3. The highest BCUT2D eigenvalue weighted by Crippen LogP contribution is 2.19. The fraction of sp³-hybridized carbons (Fsp3) is 0.647. The number of aryl methyl sites for hydroxylation is 1. The summed E-state index contributed by atoms with van der Waals surface area (Å²) in [5.41, 5.74) is 0. The monoisotopic (exact) mass is 375 g/mol. The molecule has 2 amide bonds. The van der Waals surface area contributed by atoms with Crippen LogP contribution in [0.5, 0.6) is 0 Å². The number of urea groups is 1. The summed E-state index contributed by atoms with van der Waals surface area (Å²) in [7, 11) is 0. The molecule has 1 saturated heterocycles. The van der Waals surface area contributed by atoms with Gasteiger partial charge in [-0.3, -0.25) is 0 Å². The Balaban J connectivity index is 1.32. The predicted molar refractivity (Wildman–Crippen MR) is 100 cm³/mol. The number of hydrogen-bond acceptors (Lipinski definition) is 6. The van der Waals surface area contributed by atoms with Crippen LogP contribution in [0.1, 0.15) is 37.3 Å². The van der Waals surface area contributed by atoms with Crippen LogP contribution in [0.4, 0.5) is 9.93 Å². The Bertz CT molecular complexity index is 730. The van der Waals surface area contributed by atoms with E-state index in [1.54, 1.807) is 11.3 Å². The molecule has 8 nitrogen and oxygen atoms in total. The van der Waals surface area contributed by atoms with Gasteiger partial charge in [-0.1, -0.05) is 6.42 Å². The van der Waals surface area contributed by atoms with Crippen molar-refractivity contribution in [3.8, 4) is 0 Å². The number of fused-ring (bicyclic) bond motifs is 1. The van der Waals surface area contributed by atoms with Crippen molar-refractivity contribution >= 4 is 22.5 Å². The molecule has 0 unspecified atom stereocenters. The van der Waals surface area contributed by atoms with E-state index in [9.17, 15) is 4.79 Å². The SMILES string of the molecule is O=C(NCc1nnc2n1CCCCC2)N1CCCN(c2nccs2)CC1. The Morgan fingerprint density at radius 3 is 2.92 bits per heavy atom. The van der Waals surface area contributed by atoms with Crippen molar-refractivity contribution in [2.75, 3.05) is 31.1 Å². The van der Waals surface area contributed by atoms with Crippen molar-refractivity contribution in [1.82, 2.24) is 30.0 Å². The highest BCUT2D eigenvalue weighted by atomic mass is 32.1. The summed E-state index contributed by atoms with van der Waals surface area (Å²) in [5, 5.41) is 14.6. The van der Waals surface area contributed by atoms with Crippen molar-refractivity contribution in [2.24, 2.45) is 0 Å². The molecule has 2 aromatic rings. The molecule has 4 heterocycles. The molecule has 2 aliphatic rings. The smallest absolute Gasteiger partial charge is 0.317 e. The van der Waals surface area contributed by atoms with Gasteiger partial charge in [-0.2, -0.15) is 0 Å². The molecule has 140 valence electrons. The van der Waals surface area contributed by atoms with Crippen LogP contribution in [0.3, 0.4) is 0 Å². The first-order chi connectivity index (χ1) is 12.8. The average Bonchev–Trinajstić information content (AvgIpc) is 3.17. The van der Waals surface area contributed by atoms with Crippen LogP contribution in [0.2, 0.25) is 0 Å². The van der Waals surface area contributed by atoms with E-state index >= 15 is 0 Å². The van der Waals surface area contributed by atoms with Gasteiger partial charge < -0.3 is 19.7 Å². The summed E-state index contributed by atoms with van der Waals surface area (Å²) in [5.74, 6) is 1.93. The van der Waals surface area contributed by atoms with E-state index < -0.39 is 0 Å². The number of anilines is 1. The van der Waals surface area contributed by atoms with E-state index in [1.165, 1.54) is 12.8 Å². The second-order valence-corrected chi connectivity index (χ2v) is 7.67. The molecule has 1 fully saturated rings. The largest absolute Gasteiger partial charge is 0.346 e. The molecular formula is C17H25N7OS. The normalized spacial score (nSPS) is 18.2. The fourth-order valence-electron chi connectivity index (χ4n) is 3.63. The second kappa shape index (κ2) is 8.03. The van der Waals surface area contributed by atoms with E-state index in [4.69, 9.17) is 0 Å². The Morgan fingerprint density at radius 1 is 1.08 bits per heavy atom. The summed E-state index contributed by atoms with van der Waals surface area (Å²) in [6, 6.07) is -0.0167. The van der Waals surface area contributed by atoms with Gasteiger partial charge in [0.15, 0.2) is 11.0 Å². The summed E-state index contributed by atoms with van der Waals surface area (Å²) in [6.45, 7) is 4.64. The maximum Gasteiger partial charge on any atom is 0.317 e. The lowest BCUT2D eigenvalue weighted by atomic mass is 10.2. The van der Waals surface area contributed by atoms with Gasteiger partial charge >= 0.3 is 6.03 Å². The van der Waals surface area contributed by atoms with Crippen molar-refractivity contribution in [1.29, 1.82) is 0 Å². The number of thiazole rings is 1. The molecule has 0 aliphatic carbocycles. The minimum atomic E-state index is -0.0167. The lowest BCUT2D eigenvalue weighted by Gasteiger charge is -2.22. The molecule has 4 rings (SSSR count). The van der Waals surface area contributed by atoms with E-state index in [0.717, 1.165) is 62.2 Å². The number of carbonyl (C=O) groups is 1. The molecule has 0 aromatic carbocycles. The highest BCUT2D eigenvalue weighted by molar-refractivity contribution is 7.13. The number of hydrogen-bond donors (Lipinski definition) is 1. The summed E-state index contributed by atoms with van der Waals surface area (Å²) < 4.78 is 2.18. The zero-order valence-corrected chi connectivity index (χ0v) is 15.7. The van der Waals surface area contributed by atoms with E-state index in [1.807, 2.05) is 16.5 Å². The average molecular weight is 376 g/mol. The fourth-order valence-corrected chi connectivity index (χ4v) is 4.32. The van der Waals surface area contributed by atoms with Gasteiger partial charge in [-0.15, -0.1) is 21.5 Å². The minimum absolute atomic E-state index is 0.0167. The van der Waals surface area contributed by atoms with Crippen molar-refractivity contribution < 1.29 is 4.79 Å². The van der Waals surface area contributed by atoms with E-state index in [0.29, 0.717) is 13.1 Å². The van der Waals surface area contributed by atoms with Gasteiger partial charge in [0.1, 0.15) is 5.82 Å². The third-order valence-electron chi connectivity index (χ3n) is 5.06. The van der Waals surface area contributed by atoms with Crippen LogP contribution in [0, 0.1) is 0 Å². The molecule has 26 heavy (non-hydrogen) atoms. The van der Waals surface area contributed by atoms with Crippen LogP contribution in [0.15, 0.2) is 11.6 Å². The predicted octanol–water partition coefficient (Wildman–Crippen LogP) is 1.88. The molecule has 0 saturated carbocycles. The molecule has 2 aliphatic heterocycles. The van der Waals surface area contributed by atoms with Crippen LogP contribution < -0.4 is 10.2 Å². The molecule has 0 spiro atoms. The maximum absolute atomic E-state index is 12.6. The Labute approximate surface area is 157 Å². The molecule has 0 bridgehead atoms. The third-order valence-corrected chi connectivity index (χ3v) is 5.89. The van der Waals surface area contributed by atoms with Crippen molar-refractivity contribution in [3.05, 3.63) is 23.2 Å². The maximum atomic E-state index is 12.6. The van der Waals surface area contributed by atoms with Gasteiger partial charge in [0.25, 0.3) is 0 Å². The topological polar surface area (TPSA) is 79.2 Å². The van der Waals surface area contributed by atoms with Gasteiger partial charge in [0, 0.05) is 50.7 Å². The van der Waals surface area contributed by atoms with Crippen LogP contribution in [0.25, 0.3) is 0 Å². The van der Waals surface area contributed by atoms with Gasteiger partial charge in [-0.25, -0.2) is 9.78 Å². The summed E-state index contributed by atoms with van der Waals surface area (Å²) in [6.07, 6.45) is 7.33. The lowest BCUT2D eigenvalue weighted by Crippen LogP contribution is -2.42. The van der Waals surface area contributed by atoms with Crippen LogP contribution in [-0.4, -0.2) is 56.9 Å². The Hall–Kier alpha value is -2.16. The number of aromatic nitrogens is 4. The molecule has 9 heteroatoms. The van der Waals surface area contributed by atoms with Gasteiger partial charge in [-0.05, 0) is 19.3 Å². The molecular weight excluding hydrogens is 350 g/mol. The first-order valence-corrected chi connectivity index (χ1v) is 10.3. The second-order valence-electron chi connectivity index (χ2n) is 6.80. The molecule has 0 atom stereocenters. The van der Waals surface area contributed by atoms with Gasteiger partial charge in [0.05, 0.1) is 6.54 Å². The van der Waals surface area contributed by atoms with Crippen LogP contribution >= 0.6 is 11.3 Å². The first-order valence-electron chi connectivity index (χ1n) is 9.39. The van der Waals surface area contributed by atoms with Crippen LogP contribution in [-0.2, 0) is 19.5 Å². The number of nitrogens with one attached hydrogen (secondary N) is 1.